The second kappa shape index (κ2) is 4.04. The molecule has 0 amide bonds. The van der Waals surface area contributed by atoms with Gasteiger partial charge in [0.25, 0.3) is 0 Å². The number of allylic oxidation sites excluding steroid dienone is 3. The molecule has 0 spiro atoms. The van der Waals surface area contributed by atoms with Crippen LogP contribution in [0.4, 0.5) is 0 Å². The maximum absolute atomic E-state index is 5.82. The zero-order chi connectivity index (χ0) is 11.8. The molecule has 2 heteroatoms. The van der Waals surface area contributed by atoms with E-state index < -0.39 is 0 Å². The van der Waals surface area contributed by atoms with Crippen molar-refractivity contribution in [2.24, 2.45) is 11.7 Å². The maximum atomic E-state index is 5.82. The smallest absolute Gasteiger partial charge is 0.122 e. The third-order valence-electron chi connectivity index (χ3n) is 3.68. The molecule has 1 unspecified atom stereocenters. The molecule has 1 aromatic rings. The first-order valence-electron chi connectivity index (χ1n) is 6.11. The van der Waals surface area contributed by atoms with Crippen molar-refractivity contribution >= 4 is 5.57 Å². The summed E-state index contributed by atoms with van der Waals surface area (Å²) in [6.45, 7) is 0.699. The SMILES string of the molecule is COc1ccc2c3c1CC(CN)C=C3C=CC2. The fourth-order valence-electron chi connectivity index (χ4n) is 2.86. The van der Waals surface area contributed by atoms with Crippen molar-refractivity contribution in [1.82, 2.24) is 0 Å². The molecule has 0 aromatic heterocycles. The summed E-state index contributed by atoms with van der Waals surface area (Å²) < 4.78 is 5.49. The van der Waals surface area contributed by atoms with E-state index in [1.807, 2.05) is 0 Å². The van der Waals surface area contributed by atoms with Crippen molar-refractivity contribution in [2.75, 3.05) is 13.7 Å². The minimum atomic E-state index is 0.435. The summed E-state index contributed by atoms with van der Waals surface area (Å²) >= 11 is 0. The Balaban J connectivity index is 2.21. The van der Waals surface area contributed by atoms with E-state index in [-0.39, 0.29) is 0 Å². The number of methoxy groups -OCH3 is 1. The number of rotatable bonds is 2. The topological polar surface area (TPSA) is 35.2 Å². The predicted molar refractivity (Wildman–Crippen MR) is 70.1 cm³/mol. The van der Waals surface area contributed by atoms with Crippen LogP contribution in [0.2, 0.25) is 0 Å². The molecule has 2 N–H and O–H groups in total. The van der Waals surface area contributed by atoms with Gasteiger partial charge in [-0.1, -0.05) is 24.3 Å². The minimum Gasteiger partial charge on any atom is -0.496 e. The molecule has 2 aliphatic rings. The standard InChI is InChI=1S/C15H17NO/c1-17-14-6-5-11-3-2-4-12-7-10(9-16)8-13(14)15(11)12/h2,4-7,10H,3,8-9,16H2,1H3. The van der Waals surface area contributed by atoms with Crippen LogP contribution in [0.15, 0.2) is 30.4 Å². The van der Waals surface area contributed by atoms with Gasteiger partial charge in [-0.15, -0.1) is 0 Å². The van der Waals surface area contributed by atoms with Crippen molar-refractivity contribution in [3.05, 3.63) is 47.1 Å². The van der Waals surface area contributed by atoms with E-state index in [1.54, 1.807) is 7.11 Å². The van der Waals surface area contributed by atoms with E-state index in [1.165, 1.54) is 22.3 Å². The van der Waals surface area contributed by atoms with Crippen LogP contribution in [0.25, 0.3) is 5.57 Å². The van der Waals surface area contributed by atoms with E-state index >= 15 is 0 Å². The Kier molecular flexibility index (Phi) is 2.52. The highest BCUT2D eigenvalue weighted by Gasteiger charge is 2.24. The van der Waals surface area contributed by atoms with Gasteiger partial charge >= 0.3 is 0 Å². The Bertz CT molecular complexity index is 514. The van der Waals surface area contributed by atoms with E-state index in [0.29, 0.717) is 12.5 Å². The van der Waals surface area contributed by atoms with Gasteiger partial charge in [0.1, 0.15) is 5.75 Å². The van der Waals surface area contributed by atoms with Gasteiger partial charge in [0.05, 0.1) is 7.11 Å². The first kappa shape index (κ1) is 10.6. The monoisotopic (exact) mass is 227 g/mol. The Labute approximate surface area is 102 Å². The zero-order valence-electron chi connectivity index (χ0n) is 10.1. The van der Waals surface area contributed by atoms with Crippen molar-refractivity contribution in [1.29, 1.82) is 0 Å². The number of ether oxygens (including phenoxy) is 1. The molecule has 1 aromatic carbocycles. The van der Waals surface area contributed by atoms with Crippen LogP contribution >= 0.6 is 0 Å². The van der Waals surface area contributed by atoms with Gasteiger partial charge in [0.15, 0.2) is 0 Å². The Morgan fingerprint density at radius 1 is 1.41 bits per heavy atom. The van der Waals surface area contributed by atoms with Crippen LogP contribution in [-0.4, -0.2) is 13.7 Å². The highest BCUT2D eigenvalue weighted by molar-refractivity contribution is 5.83. The number of hydrogen-bond acceptors (Lipinski definition) is 2. The van der Waals surface area contributed by atoms with Crippen molar-refractivity contribution in [3.63, 3.8) is 0 Å². The Hall–Kier alpha value is -1.54. The van der Waals surface area contributed by atoms with Gasteiger partial charge in [-0.2, -0.15) is 0 Å². The van der Waals surface area contributed by atoms with Gasteiger partial charge in [-0.05, 0) is 48.1 Å². The lowest BCUT2D eigenvalue weighted by Gasteiger charge is -2.27. The Morgan fingerprint density at radius 3 is 3.06 bits per heavy atom. The van der Waals surface area contributed by atoms with E-state index in [4.69, 9.17) is 10.5 Å². The summed E-state index contributed by atoms with van der Waals surface area (Å²) in [4.78, 5) is 0. The normalized spacial score (nSPS) is 20.8. The zero-order valence-corrected chi connectivity index (χ0v) is 10.1. The first-order chi connectivity index (χ1) is 8.33. The van der Waals surface area contributed by atoms with Crippen molar-refractivity contribution in [2.45, 2.75) is 12.8 Å². The Morgan fingerprint density at radius 2 is 2.29 bits per heavy atom. The van der Waals surface area contributed by atoms with Gasteiger partial charge in [0, 0.05) is 5.56 Å². The van der Waals surface area contributed by atoms with E-state index in [9.17, 15) is 0 Å². The molecule has 0 saturated heterocycles. The number of nitrogens with two attached hydrogens (primary N) is 1. The van der Waals surface area contributed by atoms with Crippen LogP contribution in [0.1, 0.15) is 16.7 Å². The van der Waals surface area contributed by atoms with Crippen LogP contribution in [0.3, 0.4) is 0 Å². The quantitative estimate of drug-likeness (QED) is 0.841. The van der Waals surface area contributed by atoms with E-state index in [2.05, 4.69) is 30.4 Å². The second-order valence-electron chi connectivity index (χ2n) is 4.71. The summed E-state index contributed by atoms with van der Waals surface area (Å²) in [6.07, 6.45) is 8.77. The molecule has 3 rings (SSSR count). The lowest BCUT2D eigenvalue weighted by molar-refractivity contribution is 0.406. The average molecular weight is 227 g/mol. The fraction of sp³-hybridized carbons (Fsp3) is 0.333. The molecule has 0 aliphatic heterocycles. The molecule has 0 radical (unpaired) electrons. The molecule has 0 bridgehead atoms. The van der Waals surface area contributed by atoms with Gasteiger partial charge in [0.2, 0.25) is 0 Å². The van der Waals surface area contributed by atoms with Gasteiger partial charge in [-0.25, -0.2) is 0 Å². The molecule has 2 aliphatic carbocycles. The van der Waals surface area contributed by atoms with Crippen LogP contribution in [0, 0.1) is 5.92 Å². The highest BCUT2D eigenvalue weighted by Crippen LogP contribution is 2.39. The largest absolute Gasteiger partial charge is 0.496 e. The van der Waals surface area contributed by atoms with Crippen LogP contribution < -0.4 is 10.5 Å². The molecule has 0 saturated carbocycles. The summed E-state index contributed by atoms with van der Waals surface area (Å²) in [5, 5.41) is 0. The van der Waals surface area contributed by atoms with Crippen LogP contribution in [-0.2, 0) is 12.8 Å². The second-order valence-corrected chi connectivity index (χ2v) is 4.71. The summed E-state index contributed by atoms with van der Waals surface area (Å²) in [6, 6.07) is 4.27. The lowest BCUT2D eigenvalue weighted by Crippen LogP contribution is -2.20. The average Bonchev–Trinajstić information content (AvgIpc) is 2.39. The van der Waals surface area contributed by atoms with E-state index in [0.717, 1.165) is 18.6 Å². The minimum absolute atomic E-state index is 0.435. The van der Waals surface area contributed by atoms with Gasteiger partial charge < -0.3 is 10.5 Å². The molecular formula is C15H17NO. The third kappa shape index (κ3) is 1.60. The van der Waals surface area contributed by atoms with Crippen molar-refractivity contribution < 1.29 is 4.74 Å². The summed E-state index contributed by atoms with van der Waals surface area (Å²) in [5.74, 6) is 1.44. The van der Waals surface area contributed by atoms with Crippen LogP contribution in [0.5, 0.6) is 5.75 Å². The maximum Gasteiger partial charge on any atom is 0.122 e. The molecule has 0 fully saturated rings. The number of benzene rings is 1. The van der Waals surface area contributed by atoms with Crippen molar-refractivity contribution in [3.8, 4) is 5.75 Å². The number of hydrogen-bond donors (Lipinski definition) is 1. The van der Waals surface area contributed by atoms with Gasteiger partial charge in [-0.3, -0.25) is 0 Å². The molecule has 88 valence electrons. The molecule has 0 heterocycles. The summed E-state index contributed by atoms with van der Waals surface area (Å²) in [7, 11) is 1.74. The molecular weight excluding hydrogens is 210 g/mol. The lowest BCUT2D eigenvalue weighted by atomic mass is 9.79. The molecule has 1 atom stereocenters. The first-order valence-corrected chi connectivity index (χ1v) is 6.11. The molecule has 17 heavy (non-hydrogen) atoms. The third-order valence-corrected chi connectivity index (χ3v) is 3.68. The predicted octanol–water partition coefficient (Wildman–Crippen LogP) is 2.32. The molecule has 2 nitrogen and oxygen atoms in total. The fourth-order valence-corrected chi connectivity index (χ4v) is 2.86. The summed E-state index contributed by atoms with van der Waals surface area (Å²) in [5.41, 5.74) is 11.3. The highest BCUT2D eigenvalue weighted by atomic mass is 16.5.